The number of aryl methyl sites for hydroxylation is 1. The number of ether oxygens (including phenoxy) is 1. The number of rotatable bonds is 4. The van der Waals surface area contributed by atoms with Gasteiger partial charge in [-0.3, -0.25) is 14.4 Å². The average molecular weight is 557 g/mol. The number of ketones is 2. The summed E-state index contributed by atoms with van der Waals surface area (Å²) in [7, 11) is 6.00. The fourth-order valence-corrected chi connectivity index (χ4v) is 5.68. The van der Waals surface area contributed by atoms with Crippen LogP contribution < -0.4 is 10.5 Å². The number of fused-ring (bicyclic) bond motifs is 3. The molecule has 3 unspecified atom stereocenters. The lowest BCUT2D eigenvalue weighted by Gasteiger charge is -2.43. The molecule has 1 aromatic rings. The zero-order valence-electron chi connectivity index (χ0n) is 27.4. The number of carbonyl (C=O) groups is 3. The monoisotopic (exact) mass is 556 g/mol. The summed E-state index contributed by atoms with van der Waals surface area (Å²) in [4.78, 5) is 37.4. The number of benzene rings is 1. The van der Waals surface area contributed by atoms with Crippen molar-refractivity contribution in [3.05, 3.63) is 51.1 Å². The summed E-state index contributed by atoms with van der Waals surface area (Å²) in [5, 5.41) is 0. The molecule has 3 aliphatic rings. The van der Waals surface area contributed by atoms with Gasteiger partial charge in [0.25, 0.3) is 0 Å². The molecule has 0 aliphatic heterocycles. The van der Waals surface area contributed by atoms with Gasteiger partial charge >= 0.3 is 0 Å². The highest BCUT2D eigenvalue weighted by molar-refractivity contribution is 6.14. The van der Waals surface area contributed by atoms with E-state index in [-0.39, 0.29) is 29.8 Å². The molecular formula is C34H56N2O4. The van der Waals surface area contributed by atoms with Crippen molar-refractivity contribution in [2.75, 3.05) is 27.7 Å². The minimum atomic E-state index is -0.121. The van der Waals surface area contributed by atoms with Crippen LogP contribution in [0.1, 0.15) is 103 Å². The van der Waals surface area contributed by atoms with Gasteiger partial charge in [-0.15, -0.1) is 0 Å². The third-order valence-corrected chi connectivity index (χ3v) is 7.41. The van der Waals surface area contributed by atoms with Gasteiger partial charge in [0, 0.05) is 11.5 Å². The Balaban J connectivity index is 0.00000121. The molecule has 0 fully saturated rings. The summed E-state index contributed by atoms with van der Waals surface area (Å²) in [6, 6.07) is 4.03. The largest absolute Gasteiger partial charge is 0.493 e. The zero-order chi connectivity index (χ0) is 31.2. The Bertz CT molecular complexity index is 1050. The number of primary amides is 1. The minimum absolute atomic E-state index is 0.0964. The third-order valence-electron chi connectivity index (χ3n) is 7.41. The first kappa shape index (κ1) is 37.3. The molecule has 0 spiro atoms. The number of unbranched alkanes of at least 4 members (excludes halogenated alkanes) is 1. The Morgan fingerprint density at radius 3 is 2.08 bits per heavy atom. The van der Waals surface area contributed by atoms with Crippen molar-refractivity contribution in [2.24, 2.45) is 23.5 Å². The van der Waals surface area contributed by atoms with Gasteiger partial charge in [0.1, 0.15) is 5.75 Å². The second kappa shape index (κ2) is 18.6. The molecule has 0 saturated carbocycles. The Labute approximate surface area is 244 Å². The molecule has 0 heterocycles. The zero-order valence-corrected chi connectivity index (χ0v) is 27.4. The lowest BCUT2D eigenvalue weighted by atomic mass is 9.60. The van der Waals surface area contributed by atoms with E-state index in [2.05, 4.69) is 32.6 Å². The second-order valence-electron chi connectivity index (χ2n) is 10.7. The standard InChI is InChI=1S/C26H32O3.C3H9N.2C2H6.CH3NO/c1-6-7-10-29-21-9-8-14(2)20-13-19-12-18-11-15(3)16(4)25(27)22(18)17(5)23(19)26(28)24(20)21;1-4(2)3;2*1-2;2-1-3/h8-9,18-19,22H,6-7,10-13H2,1-5H3;1-3H3;2*1-2H3;1H,(H2,2,3). The van der Waals surface area contributed by atoms with E-state index < -0.39 is 0 Å². The van der Waals surface area contributed by atoms with Gasteiger partial charge in [-0.1, -0.05) is 58.3 Å². The quantitative estimate of drug-likeness (QED) is 0.315. The van der Waals surface area contributed by atoms with E-state index in [1.165, 1.54) is 11.1 Å². The number of nitrogens with zero attached hydrogens (tertiary/aromatic N) is 1. The Hall–Kier alpha value is -2.73. The van der Waals surface area contributed by atoms with Crippen LogP contribution in [-0.2, 0) is 16.0 Å². The lowest BCUT2D eigenvalue weighted by molar-refractivity contribution is -0.120. The molecule has 1 amide bonds. The van der Waals surface area contributed by atoms with Crippen LogP contribution in [0.5, 0.6) is 5.75 Å². The summed E-state index contributed by atoms with van der Waals surface area (Å²) < 4.78 is 6.03. The number of carbonyl (C=O) groups excluding carboxylic acids is 3. The summed E-state index contributed by atoms with van der Waals surface area (Å²) in [5.41, 5.74) is 11.3. The third kappa shape index (κ3) is 9.15. The smallest absolute Gasteiger partial charge is 0.204 e. The molecule has 226 valence electrons. The maximum absolute atomic E-state index is 13.7. The average Bonchev–Trinajstić information content (AvgIpc) is 2.91. The van der Waals surface area contributed by atoms with Crippen molar-refractivity contribution < 1.29 is 19.1 Å². The first-order chi connectivity index (χ1) is 19.0. The van der Waals surface area contributed by atoms with Gasteiger partial charge < -0.3 is 15.4 Å². The normalized spacial score (nSPS) is 20.6. The van der Waals surface area contributed by atoms with E-state index in [9.17, 15) is 9.59 Å². The fourth-order valence-electron chi connectivity index (χ4n) is 5.68. The van der Waals surface area contributed by atoms with Gasteiger partial charge in [0.2, 0.25) is 6.41 Å². The van der Waals surface area contributed by atoms with Gasteiger partial charge in [-0.25, -0.2) is 0 Å². The van der Waals surface area contributed by atoms with Crippen molar-refractivity contribution in [1.82, 2.24) is 4.90 Å². The minimum Gasteiger partial charge on any atom is -0.493 e. The molecule has 2 N–H and O–H groups in total. The first-order valence-electron chi connectivity index (χ1n) is 15.0. The molecule has 4 rings (SSSR count). The SMILES string of the molecule is CC.CC.CCCCOc1ccc(C)c2c1C(=O)C1=C(C)C3C(=O)C(C)=C(C)CC3CC1C2.CN(C)C.NC=O. The topological polar surface area (TPSA) is 89.7 Å². The van der Waals surface area contributed by atoms with Crippen LogP contribution in [0.25, 0.3) is 0 Å². The summed E-state index contributed by atoms with van der Waals surface area (Å²) in [6.45, 7) is 18.9. The Morgan fingerprint density at radius 2 is 1.55 bits per heavy atom. The van der Waals surface area contributed by atoms with Crippen molar-refractivity contribution in [1.29, 1.82) is 0 Å². The number of Topliss-reactive ketones (excluding diaryl/α,β-unsaturated/α-hetero) is 2. The summed E-state index contributed by atoms with van der Waals surface area (Å²) in [5.74, 6) is 1.47. The molecular weight excluding hydrogens is 500 g/mol. The highest BCUT2D eigenvalue weighted by Gasteiger charge is 2.46. The van der Waals surface area contributed by atoms with Crippen LogP contribution in [0.3, 0.4) is 0 Å². The van der Waals surface area contributed by atoms with E-state index in [0.29, 0.717) is 18.3 Å². The van der Waals surface area contributed by atoms with Gasteiger partial charge in [-0.2, -0.15) is 0 Å². The van der Waals surface area contributed by atoms with E-state index in [4.69, 9.17) is 9.53 Å². The number of allylic oxidation sites excluding steroid dienone is 4. The molecule has 0 bridgehead atoms. The number of hydrogen-bond acceptors (Lipinski definition) is 5. The van der Waals surface area contributed by atoms with Crippen LogP contribution in [-0.4, -0.2) is 50.6 Å². The number of hydrogen-bond donors (Lipinski definition) is 1. The Kier molecular flexibility index (Phi) is 17.3. The molecule has 0 aromatic heterocycles. The van der Waals surface area contributed by atoms with Crippen LogP contribution in [0.15, 0.2) is 34.4 Å². The van der Waals surface area contributed by atoms with Gasteiger partial charge in [-0.05, 0) is 109 Å². The van der Waals surface area contributed by atoms with Gasteiger partial charge in [0.05, 0.1) is 12.2 Å². The van der Waals surface area contributed by atoms with Crippen LogP contribution >= 0.6 is 0 Å². The molecule has 6 heteroatoms. The molecule has 3 aliphatic carbocycles. The maximum atomic E-state index is 13.7. The van der Waals surface area contributed by atoms with Gasteiger partial charge in [0.15, 0.2) is 11.6 Å². The van der Waals surface area contributed by atoms with E-state index >= 15 is 0 Å². The van der Waals surface area contributed by atoms with E-state index in [0.717, 1.165) is 60.0 Å². The van der Waals surface area contributed by atoms with E-state index in [1.54, 1.807) is 0 Å². The highest BCUT2D eigenvalue weighted by Crippen LogP contribution is 2.50. The number of amides is 1. The lowest BCUT2D eigenvalue weighted by Crippen LogP contribution is -2.40. The van der Waals surface area contributed by atoms with Crippen molar-refractivity contribution >= 4 is 18.0 Å². The van der Waals surface area contributed by atoms with Crippen LogP contribution in [0, 0.1) is 24.7 Å². The van der Waals surface area contributed by atoms with Crippen LogP contribution in [0.2, 0.25) is 0 Å². The Morgan fingerprint density at radius 1 is 1.00 bits per heavy atom. The first-order valence-corrected chi connectivity index (χ1v) is 15.0. The molecule has 6 nitrogen and oxygen atoms in total. The van der Waals surface area contributed by atoms with Crippen molar-refractivity contribution in [3.63, 3.8) is 0 Å². The molecule has 40 heavy (non-hydrogen) atoms. The number of nitrogens with two attached hydrogens (primary N) is 1. The van der Waals surface area contributed by atoms with E-state index in [1.807, 2.05) is 73.7 Å². The molecule has 0 saturated heterocycles. The molecule has 3 atom stereocenters. The predicted octanol–water partition coefficient (Wildman–Crippen LogP) is 7.12. The molecule has 0 radical (unpaired) electrons. The fraction of sp³-hybridized carbons (Fsp3) is 0.618. The van der Waals surface area contributed by atoms with Crippen molar-refractivity contribution in [3.8, 4) is 5.75 Å². The second-order valence-corrected chi connectivity index (χ2v) is 10.7. The van der Waals surface area contributed by atoms with Crippen LogP contribution in [0.4, 0.5) is 0 Å². The summed E-state index contributed by atoms with van der Waals surface area (Å²) in [6.07, 6.45) is 5.07. The summed E-state index contributed by atoms with van der Waals surface area (Å²) >= 11 is 0. The predicted molar refractivity (Wildman–Crippen MR) is 168 cm³/mol. The highest BCUT2D eigenvalue weighted by atomic mass is 16.5. The molecule has 1 aromatic carbocycles. The maximum Gasteiger partial charge on any atom is 0.204 e. The van der Waals surface area contributed by atoms with Crippen molar-refractivity contribution in [2.45, 2.75) is 94.4 Å².